The van der Waals surface area contributed by atoms with Crippen LogP contribution in [0.25, 0.3) is 11.0 Å². The summed E-state index contributed by atoms with van der Waals surface area (Å²) in [4.78, 5) is 16.3. The molecule has 28 heavy (non-hydrogen) atoms. The Balaban J connectivity index is 1.55. The molecular formula is C23H29N3O2. The molecule has 1 aromatic heterocycles. The van der Waals surface area contributed by atoms with Crippen LogP contribution in [0.4, 0.5) is 0 Å². The smallest absolute Gasteiger partial charge is 0.245 e. The van der Waals surface area contributed by atoms with Gasteiger partial charge in [-0.05, 0) is 37.0 Å². The van der Waals surface area contributed by atoms with Crippen molar-refractivity contribution in [3.63, 3.8) is 0 Å². The molecule has 0 aliphatic rings. The molecular weight excluding hydrogens is 350 g/mol. The van der Waals surface area contributed by atoms with Crippen molar-refractivity contribution in [3.8, 4) is 0 Å². The Bertz CT molecular complexity index is 874. The predicted molar refractivity (Wildman–Crippen MR) is 112 cm³/mol. The fraction of sp³-hybridized carbons (Fsp3) is 0.391. The number of carbonyl (C=O) groups is 1. The molecule has 1 N–H and O–H groups in total. The van der Waals surface area contributed by atoms with Crippen LogP contribution in [0.5, 0.6) is 0 Å². The summed E-state index contributed by atoms with van der Waals surface area (Å²) in [5.74, 6) is 1.10. The maximum absolute atomic E-state index is 11.4. The number of aromatic nitrogens is 2. The third-order valence-corrected chi connectivity index (χ3v) is 4.88. The van der Waals surface area contributed by atoms with Crippen LogP contribution in [0.2, 0.25) is 0 Å². The van der Waals surface area contributed by atoms with Crippen LogP contribution >= 0.6 is 0 Å². The molecule has 2 aromatic carbocycles. The number of aryl methyl sites for hydroxylation is 3. The Morgan fingerprint density at radius 2 is 1.79 bits per heavy atom. The highest BCUT2D eigenvalue weighted by molar-refractivity contribution is 5.77. The lowest BCUT2D eigenvalue weighted by atomic mass is 10.1. The third-order valence-electron chi connectivity index (χ3n) is 4.88. The Morgan fingerprint density at radius 3 is 2.61 bits per heavy atom. The maximum atomic E-state index is 11.4. The second-order valence-electron chi connectivity index (χ2n) is 7.00. The van der Waals surface area contributed by atoms with Gasteiger partial charge >= 0.3 is 0 Å². The third kappa shape index (κ3) is 5.67. The highest BCUT2D eigenvalue weighted by Gasteiger charge is 2.10. The van der Waals surface area contributed by atoms with Crippen molar-refractivity contribution < 1.29 is 9.53 Å². The lowest BCUT2D eigenvalue weighted by Crippen LogP contribution is -2.27. The lowest BCUT2D eigenvalue weighted by Gasteiger charge is -2.10. The van der Waals surface area contributed by atoms with E-state index in [1.165, 1.54) is 18.2 Å². The Labute approximate surface area is 166 Å². The van der Waals surface area contributed by atoms with Gasteiger partial charge < -0.3 is 14.6 Å². The van der Waals surface area contributed by atoms with Gasteiger partial charge in [0, 0.05) is 26.6 Å². The Morgan fingerprint density at radius 1 is 1.00 bits per heavy atom. The van der Waals surface area contributed by atoms with Crippen molar-refractivity contribution in [1.29, 1.82) is 0 Å². The number of benzene rings is 2. The van der Waals surface area contributed by atoms with Crippen molar-refractivity contribution >= 4 is 16.9 Å². The van der Waals surface area contributed by atoms with Gasteiger partial charge in [0.25, 0.3) is 0 Å². The van der Waals surface area contributed by atoms with Crippen LogP contribution in [0.1, 0.15) is 30.7 Å². The van der Waals surface area contributed by atoms with E-state index in [0.717, 1.165) is 50.0 Å². The zero-order chi connectivity index (χ0) is 19.6. The molecule has 3 aromatic rings. The predicted octanol–water partition coefficient (Wildman–Crippen LogP) is 3.75. The second-order valence-corrected chi connectivity index (χ2v) is 7.00. The number of hydrogen-bond acceptors (Lipinski definition) is 3. The SMILES string of the molecule is COCC(=O)NCCCCCc1nc2ccccc2n1CCc1ccccc1. The summed E-state index contributed by atoms with van der Waals surface area (Å²) in [5.41, 5.74) is 3.62. The van der Waals surface area contributed by atoms with Gasteiger partial charge in [-0.2, -0.15) is 0 Å². The number of fused-ring (bicyclic) bond motifs is 1. The fourth-order valence-corrected chi connectivity index (χ4v) is 3.45. The molecule has 5 nitrogen and oxygen atoms in total. The Kier molecular flexibility index (Phi) is 7.62. The average molecular weight is 380 g/mol. The molecule has 0 unspecified atom stereocenters. The van der Waals surface area contributed by atoms with Gasteiger partial charge in [0.1, 0.15) is 12.4 Å². The first-order valence-electron chi connectivity index (χ1n) is 10.0. The minimum Gasteiger partial charge on any atom is -0.375 e. The minimum absolute atomic E-state index is 0.0507. The summed E-state index contributed by atoms with van der Waals surface area (Å²) in [6.45, 7) is 1.77. The van der Waals surface area contributed by atoms with Crippen LogP contribution in [0.3, 0.4) is 0 Å². The van der Waals surface area contributed by atoms with Gasteiger partial charge in [-0.3, -0.25) is 4.79 Å². The molecule has 0 radical (unpaired) electrons. The molecule has 1 heterocycles. The molecule has 0 bridgehead atoms. The average Bonchev–Trinajstić information content (AvgIpc) is 3.07. The van der Waals surface area contributed by atoms with Gasteiger partial charge in [-0.15, -0.1) is 0 Å². The van der Waals surface area contributed by atoms with Gasteiger partial charge in [-0.1, -0.05) is 48.9 Å². The van der Waals surface area contributed by atoms with E-state index in [2.05, 4.69) is 58.4 Å². The largest absolute Gasteiger partial charge is 0.375 e. The van der Waals surface area contributed by atoms with Gasteiger partial charge in [-0.25, -0.2) is 4.98 Å². The fourth-order valence-electron chi connectivity index (χ4n) is 3.45. The minimum atomic E-state index is -0.0507. The van der Waals surface area contributed by atoms with Crippen LogP contribution in [0, 0.1) is 0 Å². The van der Waals surface area contributed by atoms with Gasteiger partial charge in [0.2, 0.25) is 5.91 Å². The molecule has 0 spiro atoms. The summed E-state index contributed by atoms with van der Waals surface area (Å²) >= 11 is 0. The van der Waals surface area contributed by atoms with Crippen LogP contribution in [-0.4, -0.2) is 35.7 Å². The number of unbranched alkanes of at least 4 members (excludes halogenated alkanes) is 2. The zero-order valence-corrected chi connectivity index (χ0v) is 16.6. The topological polar surface area (TPSA) is 56.1 Å². The van der Waals surface area contributed by atoms with Crippen molar-refractivity contribution in [3.05, 3.63) is 66.0 Å². The molecule has 0 aliphatic carbocycles. The first-order chi connectivity index (χ1) is 13.8. The van der Waals surface area contributed by atoms with E-state index in [9.17, 15) is 4.79 Å². The maximum Gasteiger partial charge on any atom is 0.245 e. The van der Waals surface area contributed by atoms with E-state index in [0.29, 0.717) is 6.54 Å². The second kappa shape index (κ2) is 10.6. The molecule has 1 amide bonds. The van der Waals surface area contributed by atoms with Crippen LogP contribution < -0.4 is 5.32 Å². The Hall–Kier alpha value is -2.66. The number of hydrogen-bond donors (Lipinski definition) is 1. The van der Waals surface area contributed by atoms with E-state index >= 15 is 0 Å². The number of rotatable bonds is 11. The monoisotopic (exact) mass is 379 g/mol. The van der Waals surface area contributed by atoms with Crippen molar-refractivity contribution in [2.75, 3.05) is 20.3 Å². The number of carbonyl (C=O) groups excluding carboxylic acids is 1. The lowest BCUT2D eigenvalue weighted by molar-refractivity contribution is -0.124. The summed E-state index contributed by atoms with van der Waals surface area (Å²) in [7, 11) is 1.53. The molecule has 5 heteroatoms. The number of para-hydroxylation sites is 2. The van der Waals surface area contributed by atoms with E-state index in [4.69, 9.17) is 9.72 Å². The highest BCUT2D eigenvalue weighted by atomic mass is 16.5. The van der Waals surface area contributed by atoms with Crippen LogP contribution in [0.15, 0.2) is 54.6 Å². The number of nitrogens with zero attached hydrogens (tertiary/aromatic N) is 2. The number of nitrogens with one attached hydrogen (secondary N) is 1. The molecule has 0 aliphatic heterocycles. The molecule has 0 fully saturated rings. The first-order valence-corrected chi connectivity index (χ1v) is 10.0. The van der Waals surface area contributed by atoms with Gasteiger partial charge in [0.15, 0.2) is 0 Å². The first kappa shape index (κ1) is 20.1. The number of amides is 1. The zero-order valence-electron chi connectivity index (χ0n) is 16.6. The van der Waals surface area contributed by atoms with E-state index in [1.54, 1.807) is 0 Å². The van der Waals surface area contributed by atoms with Crippen molar-refractivity contribution in [2.45, 2.75) is 38.6 Å². The summed E-state index contributed by atoms with van der Waals surface area (Å²) < 4.78 is 7.18. The summed E-state index contributed by atoms with van der Waals surface area (Å²) in [6, 6.07) is 19.0. The summed E-state index contributed by atoms with van der Waals surface area (Å²) in [6.07, 6.45) is 5.05. The van der Waals surface area contributed by atoms with E-state index < -0.39 is 0 Å². The molecule has 3 rings (SSSR count). The highest BCUT2D eigenvalue weighted by Crippen LogP contribution is 2.18. The van der Waals surface area contributed by atoms with Crippen molar-refractivity contribution in [2.24, 2.45) is 0 Å². The van der Waals surface area contributed by atoms with Gasteiger partial charge in [0.05, 0.1) is 11.0 Å². The normalized spacial score (nSPS) is 11.0. The van der Waals surface area contributed by atoms with E-state index in [-0.39, 0.29) is 12.5 Å². The van der Waals surface area contributed by atoms with E-state index in [1.807, 2.05) is 6.07 Å². The number of ether oxygens (including phenoxy) is 1. The number of methoxy groups -OCH3 is 1. The standard InChI is InChI=1S/C23H29N3O2/c1-28-18-23(27)24-16-9-3-6-14-22-25-20-12-7-8-13-21(20)26(22)17-15-19-10-4-2-5-11-19/h2,4-5,7-8,10-13H,3,6,9,14-18H2,1H3,(H,24,27). The van der Waals surface area contributed by atoms with Crippen molar-refractivity contribution in [1.82, 2.24) is 14.9 Å². The van der Waals surface area contributed by atoms with Crippen LogP contribution in [-0.2, 0) is 28.9 Å². The molecule has 0 saturated heterocycles. The molecule has 0 saturated carbocycles. The molecule has 148 valence electrons. The summed E-state index contributed by atoms with van der Waals surface area (Å²) in [5, 5.41) is 2.87. The number of imidazole rings is 1. The molecule has 0 atom stereocenters. The quantitative estimate of drug-likeness (QED) is 0.516.